The second kappa shape index (κ2) is 8.47. The van der Waals surface area contributed by atoms with Crippen LogP contribution in [-0.4, -0.2) is 30.4 Å². The number of anilines is 2. The van der Waals surface area contributed by atoms with E-state index in [4.69, 9.17) is 4.74 Å². The number of rotatable bonds is 5. The first kappa shape index (κ1) is 20.6. The van der Waals surface area contributed by atoms with Crippen molar-refractivity contribution in [2.75, 3.05) is 16.8 Å². The van der Waals surface area contributed by atoms with Crippen molar-refractivity contribution in [2.45, 2.75) is 46.6 Å². The molecule has 3 rings (SSSR count). The summed E-state index contributed by atoms with van der Waals surface area (Å²) in [6.45, 7) is 8.04. The van der Waals surface area contributed by atoms with Crippen molar-refractivity contribution >= 4 is 29.2 Å². The third-order valence-corrected chi connectivity index (χ3v) is 5.05. The van der Waals surface area contributed by atoms with E-state index < -0.39 is 12.1 Å². The fourth-order valence-electron chi connectivity index (χ4n) is 3.61. The number of nitrogens with one attached hydrogen (secondary N) is 1. The van der Waals surface area contributed by atoms with Crippen LogP contribution in [-0.2, 0) is 14.3 Å². The zero-order valence-corrected chi connectivity index (χ0v) is 17.2. The molecule has 6 nitrogen and oxygen atoms in total. The Morgan fingerprint density at radius 1 is 1.10 bits per heavy atom. The fourth-order valence-corrected chi connectivity index (χ4v) is 3.61. The number of hydrogen-bond acceptors (Lipinski definition) is 4. The zero-order valence-electron chi connectivity index (χ0n) is 17.2. The summed E-state index contributed by atoms with van der Waals surface area (Å²) in [6.07, 6.45) is 0.367. The zero-order chi connectivity index (χ0) is 21.1. The van der Waals surface area contributed by atoms with Crippen LogP contribution in [0.1, 0.15) is 46.8 Å². The Hall–Kier alpha value is -3.15. The van der Waals surface area contributed by atoms with Crippen LogP contribution in [0.5, 0.6) is 0 Å². The molecule has 29 heavy (non-hydrogen) atoms. The second-order valence-electron chi connectivity index (χ2n) is 7.51. The van der Waals surface area contributed by atoms with E-state index in [2.05, 4.69) is 5.32 Å². The van der Waals surface area contributed by atoms with Crippen LogP contribution < -0.4 is 10.2 Å². The van der Waals surface area contributed by atoms with Crippen LogP contribution in [0.2, 0.25) is 0 Å². The van der Waals surface area contributed by atoms with Gasteiger partial charge < -0.3 is 15.0 Å². The first-order valence-corrected chi connectivity index (χ1v) is 9.76. The number of amides is 2. The molecule has 2 amide bonds. The van der Waals surface area contributed by atoms with E-state index in [-0.39, 0.29) is 11.8 Å². The highest BCUT2D eigenvalue weighted by Crippen LogP contribution is 2.24. The van der Waals surface area contributed by atoms with Gasteiger partial charge in [0.1, 0.15) is 0 Å². The summed E-state index contributed by atoms with van der Waals surface area (Å²) in [5.74, 6) is -0.940. The molecule has 1 N–H and O–H groups in total. The molecule has 0 bridgehead atoms. The van der Waals surface area contributed by atoms with Crippen molar-refractivity contribution in [1.29, 1.82) is 0 Å². The predicted molar refractivity (Wildman–Crippen MR) is 112 cm³/mol. The first-order valence-electron chi connectivity index (χ1n) is 9.76. The molecule has 0 unspecified atom stereocenters. The topological polar surface area (TPSA) is 75.7 Å². The number of aryl methyl sites for hydroxylation is 3. The Bertz CT molecular complexity index is 944. The minimum Gasteiger partial charge on any atom is -0.449 e. The summed E-state index contributed by atoms with van der Waals surface area (Å²) >= 11 is 0. The highest BCUT2D eigenvalue weighted by atomic mass is 16.5. The van der Waals surface area contributed by atoms with E-state index in [1.165, 1.54) is 0 Å². The third kappa shape index (κ3) is 4.65. The van der Waals surface area contributed by atoms with Gasteiger partial charge in [0, 0.05) is 24.3 Å². The van der Waals surface area contributed by atoms with E-state index in [9.17, 15) is 14.4 Å². The van der Waals surface area contributed by atoms with Gasteiger partial charge in [-0.1, -0.05) is 23.8 Å². The molecule has 152 valence electrons. The number of hydrogen-bond donors (Lipinski definition) is 1. The molecular weight excluding hydrogens is 368 g/mol. The van der Waals surface area contributed by atoms with Gasteiger partial charge in [0.05, 0.1) is 5.56 Å². The van der Waals surface area contributed by atoms with E-state index in [1.807, 2.05) is 32.9 Å². The van der Waals surface area contributed by atoms with Crippen molar-refractivity contribution in [2.24, 2.45) is 0 Å². The fraction of sp³-hybridized carbons (Fsp3) is 0.348. The maximum atomic E-state index is 12.5. The van der Waals surface area contributed by atoms with Crippen molar-refractivity contribution in [1.82, 2.24) is 0 Å². The van der Waals surface area contributed by atoms with Crippen LogP contribution in [0.3, 0.4) is 0 Å². The lowest BCUT2D eigenvalue weighted by Gasteiger charge is -2.18. The first-order chi connectivity index (χ1) is 13.8. The average Bonchev–Trinajstić information content (AvgIpc) is 3.10. The van der Waals surface area contributed by atoms with Crippen LogP contribution in [0.25, 0.3) is 0 Å². The smallest absolute Gasteiger partial charge is 0.338 e. The molecule has 1 aliphatic heterocycles. The number of benzene rings is 2. The monoisotopic (exact) mass is 394 g/mol. The van der Waals surface area contributed by atoms with Gasteiger partial charge >= 0.3 is 5.97 Å². The molecule has 1 heterocycles. The highest BCUT2D eigenvalue weighted by molar-refractivity contribution is 6.00. The number of carbonyl (C=O) groups is 3. The summed E-state index contributed by atoms with van der Waals surface area (Å²) in [5.41, 5.74) is 4.75. The molecule has 1 fully saturated rings. The van der Waals surface area contributed by atoms with Gasteiger partial charge in [-0.25, -0.2) is 4.79 Å². The summed E-state index contributed by atoms with van der Waals surface area (Å²) in [4.78, 5) is 38.7. The predicted octanol–water partition coefficient (Wildman–Crippen LogP) is 3.92. The Morgan fingerprint density at radius 3 is 2.41 bits per heavy atom. The maximum Gasteiger partial charge on any atom is 0.338 e. The van der Waals surface area contributed by atoms with Gasteiger partial charge in [0.25, 0.3) is 5.91 Å². The van der Waals surface area contributed by atoms with Gasteiger partial charge in [0.2, 0.25) is 5.91 Å². The number of nitrogens with zero attached hydrogens (tertiary/aromatic N) is 1. The molecule has 1 atom stereocenters. The number of esters is 1. The largest absolute Gasteiger partial charge is 0.449 e. The Labute approximate surface area is 170 Å². The summed E-state index contributed by atoms with van der Waals surface area (Å²) in [6, 6.07) is 10.7. The van der Waals surface area contributed by atoms with Crippen molar-refractivity contribution in [3.05, 3.63) is 58.7 Å². The molecular formula is C23H26N2O4. The molecule has 0 aliphatic carbocycles. The quantitative estimate of drug-likeness (QED) is 0.780. The lowest BCUT2D eigenvalue weighted by atomic mass is 10.0. The summed E-state index contributed by atoms with van der Waals surface area (Å²) in [5, 5.41) is 2.86. The highest BCUT2D eigenvalue weighted by Gasteiger charge is 2.24. The summed E-state index contributed by atoms with van der Waals surface area (Å²) < 4.78 is 5.36. The van der Waals surface area contributed by atoms with Crippen LogP contribution >= 0.6 is 0 Å². The SMILES string of the molecule is Cc1cc(C)c(NC(=O)[C@H](C)OC(=O)c2cccc(N3CCCC3=O)c2)c(C)c1. The summed E-state index contributed by atoms with van der Waals surface area (Å²) in [7, 11) is 0. The molecule has 0 spiro atoms. The average molecular weight is 394 g/mol. The van der Waals surface area contributed by atoms with E-state index >= 15 is 0 Å². The molecule has 0 saturated carbocycles. The molecule has 0 aromatic heterocycles. The van der Waals surface area contributed by atoms with Gasteiger partial charge in [-0.2, -0.15) is 0 Å². The molecule has 1 saturated heterocycles. The minimum atomic E-state index is -0.959. The van der Waals surface area contributed by atoms with Crippen molar-refractivity contribution in [3.63, 3.8) is 0 Å². The van der Waals surface area contributed by atoms with Crippen molar-refractivity contribution in [3.8, 4) is 0 Å². The maximum absolute atomic E-state index is 12.5. The van der Waals surface area contributed by atoms with E-state index in [0.717, 1.165) is 28.8 Å². The van der Waals surface area contributed by atoms with Crippen LogP contribution in [0.15, 0.2) is 36.4 Å². The van der Waals surface area contributed by atoms with Crippen LogP contribution in [0, 0.1) is 20.8 Å². The standard InChI is InChI=1S/C23H26N2O4/c1-14-11-15(2)21(16(3)12-14)24-22(27)17(4)29-23(28)18-7-5-8-19(13-18)25-10-6-9-20(25)26/h5,7-8,11-13,17H,6,9-10H2,1-4H3,(H,24,27)/t17-/m0/s1. The number of carbonyl (C=O) groups excluding carboxylic acids is 3. The Kier molecular flexibility index (Phi) is 6.01. The Balaban J connectivity index is 1.67. The normalized spacial score (nSPS) is 14.6. The van der Waals surface area contributed by atoms with Crippen molar-refractivity contribution < 1.29 is 19.1 Å². The second-order valence-corrected chi connectivity index (χ2v) is 7.51. The lowest BCUT2D eigenvalue weighted by molar-refractivity contribution is -0.123. The molecule has 6 heteroatoms. The van der Waals surface area contributed by atoms with Gasteiger partial charge in [-0.15, -0.1) is 0 Å². The van der Waals surface area contributed by atoms with E-state index in [1.54, 1.807) is 36.1 Å². The molecule has 1 aliphatic rings. The van der Waals surface area contributed by atoms with Gasteiger partial charge in [0.15, 0.2) is 6.10 Å². The molecule has 0 radical (unpaired) electrons. The lowest BCUT2D eigenvalue weighted by Crippen LogP contribution is -2.30. The Morgan fingerprint density at radius 2 is 1.79 bits per heavy atom. The van der Waals surface area contributed by atoms with Crippen LogP contribution in [0.4, 0.5) is 11.4 Å². The molecule has 2 aromatic rings. The molecule has 2 aromatic carbocycles. The van der Waals surface area contributed by atoms with Gasteiger partial charge in [-0.05, 0) is 63.4 Å². The minimum absolute atomic E-state index is 0.0482. The third-order valence-electron chi connectivity index (χ3n) is 5.05. The van der Waals surface area contributed by atoms with E-state index in [0.29, 0.717) is 24.2 Å². The number of ether oxygens (including phenoxy) is 1. The van der Waals surface area contributed by atoms with Gasteiger partial charge in [-0.3, -0.25) is 9.59 Å².